The summed E-state index contributed by atoms with van der Waals surface area (Å²) in [6, 6.07) is 5.94. The molecule has 3 rings (SSSR count). The molecule has 1 spiro atoms. The van der Waals surface area contributed by atoms with E-state index in [4.69, 9.17) is 9.47 Å². The second-order valence-electron chi connectivity index (χ2n) is 8.14. The Kier molecular flexibility index (Phi) is 7.68. The van der Waals surface area contributed by atoms with Crippen molar-refractivity contribution in [2.45, 2.75) is 44.6 Å². The van der Waals surface area contributed by atoms with E-state index >= 15 is 0 Å². The average molecular weight is 447 g/mol. The number of hydrogen-bond acceptors (Lipinski definition) is 6. The van der Waals surface area contributed by atoms with E-state index in [0.29, 0.717) is 30.1 Å². The van der Waals surface area contributed by atoms with Crippen molar-refractivity contribution in [1.82, 2.24) is 10.2 Å². The number of amides is 5. The third kappa shape index (κ3) is 5.56. The minimum atomic E-state index is -0.879. The molecule has 32 heavy (non-hydrogen) atoms. The van der Waals surface area contributed by atoms with Gasteiger partial charge < -0.3 is 20.1 Å². The van der Waals surface area contributed by atoms with E-state index in [1.165, 1.54) is 7.11 Å². The second kappa shape index (κ2) is 10.4. The molecule has 10 nitrogen and oxygen atoms in total. The molecule has 0 unspecified atom stereocenters. The maximum absolute atomic E-state index is 13.0. The molecular formula is C22H30N4O6. The Labute approximate surface area is 187 Å². The van der Waals surface area contributed by atoms with E-state index in [1.807, 2.05) is 0 Å². The van der Waals surface area contributed by atoms with Crippen LogP contribution in [-0.4, -0.2) is 61.2 Å². The highest BCUT2D eigenvalue weighted by Gasteiger charge is 2.52. The molecular weight excluding hydrogens is 416 g/mol. The highest BCUT2D eigenvalue weighted by Crippen LogP contribution is 2.37. The number of imide groups is 1. The van der Waals surface area contributed by atoms with Crippen molar-refractivity contribution in [1.29, 1.82) is 0 Å². The van der Waals surface area contributed by atoms with Gasteiger partial charge in [0.25, 0.3) is 5.91 Å². The lowest BCUT2D eigenvalue weighted by Gasteiger charge is -2.34. The highest BCUT2D eigenvalue weighted by atomic mass is 16.6. The molecule has 1 saturated heterocycles. The van der Waals surface area contributed by atoms with Gasteiger partial charge in [0.05, 0.1) is 6.61 Å². The second-order valence-corrected chi connectivity index (χ2v) is 8.14. The smallest absolute Gasteiger partial charge is 0.411 e. The zero-order chi connectivity index (χ0) is 23.1. The van der Waals surface area contributed by atoms with E-state index < -0.39 is 23.6 Å². The monoisotopic (exact) mass is 446 g/mol. The van der Waals surface area contributed by atoms with Gasteiger partial charge in [-0.2, -0.15) is 0 Å². The molecule has 1 heterocycles. The van der Waals surface area contributed by atoms with Crippen LogP contribution in [0.3, 0.4) is 0 Å². The minimum absolute atomic E-state index is 0.116. The maximum atomic E-state index is 13.0. The molecule has 0 bridgehead atoms. The van der Waals surface area contributed by atoms with Gasteiger partial charge in [-0.05, 0) is 49.8 Å². The van der Waals surface area contributed by atoms with Crippen molar-refractivity contribution in [3.8, 4) is 0 Å². The number of carbonyl (C=O) groups excluding carboxylic acids is 4. The van der Waals surface area contributed by atoms with Crippen LogP contribution in [0.5, 0.6) is 0 Å². The molecule has 1 aromatic carbocycles. The van der Waals surface area contributed by atoms with Crippen LogP contribution >= 0.6 is 0 Å². The zero-order valence-electron chi connectivity index (χ0n) is 18.4. The Bertz CT molecular complexity index is 866. The zero-order valence-corrected chi connectivity index (χ0v) is 18.4. The van der Waals surface area contributed by atoms with Crippen LogP contribution in [0.15, 0.2) is 24.3 Å². The number of rotatable bonds is 8. The molecule has 0 aromatic heterocycles. The summed E-state index contributed by atoms with van der Waals surface area (Å²) in [5.74, 6) is -0.269. The fourth-order valence-electron chi connectivity index (χ4n) is 4.13. The van der Waals surface area contributed by atoms with Crippen LogP contribution in [-0.2, 0) is 19.1 Å². The summed E-state index contributed by atoms with van der Waals surface area (Å²) in [6.45, 7) is 2.15. The Balaban J connectivity index is 1.55. The summed E-state index contributed by atoms with van der Waals surface area (Å²) >= 11 is 0. The Morgan fingerprint density at radius 2 is 1.84 bits per heavy atom. The molecule has 1 saturated carbocycles. The van der Waals surface area contributed by atoms with Gasteiger partial charge in [-0.25, -0.2) is 9.59 Å². The standard InChI is InChI=1S/C22H30N4O6/c1-3-15-7-9-22(10-8-15)19(28)26(20(29)25-22)14-18(27)23-16-5-4-6-17(13-16)24-21(30)32-12-11-31-2/h4-6,13,15H,3,7-12,14H2,1-2H3,(H,23,27)(H,24,30)(H,25,29). The predicted octanol–water partition coefficient (Wildman–Crippen LogP) is 2.71. The Morgan fingerprint density at radius 3 is 2.50 bits per heavy atom. The van der Waals surface area contributed by atoms with Gasteiger partial charge in [-0.3, -0.25) is 19.8 Å². The number of methoxy groups -OCH3 is 1. The first-order chi connectivity index (χ1) is 15.4. The summed E-state index contributed by atoms with van der Waals surface area (Å²) < 4.78 is 9.75. The van der Waals surface area contributed by atoms with Crippen LogP contribution in [0.1, 0.15) is 39.0 Å². The molecule has 0 atom stereocenters. The quantitative estimate of drug-likeness (QED) is 0.416. The first-order valence-corrected chi connectivity index (χ1v) is 10.8. The van der Waals surface area contributed by atoms with E-state index in [1.54, 1.807) is 24.3 Å². The molecule has 10 heteroatoms. The largest absolute Gasteiger partial charge is 0.447 e. The summed E-state index contributed by atoms with van der Waals surface area (Å²) in [5.41, 5.74) is -0.0440. The first-order valence-electron chi connectivity index (χ1n) is 10.8. The lowest BCUT2D eigenvalue weighted by Crippen LogP contribution is -2.49. The Morgan fingerprint density at radius 1 is 1.16 bits per heavy atom. The summed E-state index contributed by atoms with van der Waals surface area (Å²) in [7, 11) is 1.50. The first kappa shape index (κ1) is 23.5. The van der Waals surface area contributed by atoms with Gasteiger partial charge in [0.2, 0.25) is 5.91 Å². The molecule has 1 aliphatic heterocycles. The predicted molar refractivity (Wildman–Crippen MR) is 117 cm³/mol. The van der Waals surface area contributed by atoms with Crippen molar-refractivity contribution < 1.29 is 28.7 Å². The van der Waals surface area contributed by atoms with Crippen LogP contribution in [0.25, 0.3) is 0 Å². The fourth-order valence-corrected chi connectivity index (χ4v) is 4.13. The summed E-state index contributed by atoms with van der Waals surface area (Å²) in [6.07, 6.45) is 3.38. The van der Waals surface area contributed by atoms with Crippen LogP contribution < -0.4 is 16.0 Å². The van der Waals surface area contributed by atoms with Crippen LogP contribution in [0.2, 0.25) is 0 Å². The number of hydrogen-bond donors (Lipinski definition) is 3. The van der Waals surface area contributed by atoms with Gasteiger partial charge in [0.15, 0.2) is 0 Å². The SMILES string of the molecule is CCC1CCC2(CC1)NC(=O)N(CC(=O)Nc1cccc(NC(=O)OCCOC)c1)C2=O. The number of benzene rings is 1. The van der Waals surface area contributed by atoms with Gasteiger partial charge in [0.1, 0.15) is 18.7 Å². The molecule has 1 aromatic rings. The third-order valence-corrected chi connectivity index (χ3v) is 6.00. The molecule has 174 valence electrons. The van der Waals surface area contributed by atoms with Gasteiger partial charge >= 0.3 is 12.1 Å². The molecule has 3 N–H and O–H groups in total. The molecule has 0 radical (unpaired) electrons. The lowest BCUT2D eigenvalue weighted by molar-refractivity contribution is -0.135. The van der Waals surface area contributed by atoms with Crippen molar-refractivity contribution in [3.05, 3.63) is 24.3 Å². The normalized spacial score (nSPS) is 22.6. The molecule has 2 aliphatic rings. The third-order valence-electron chi connectivity index (χ3n) is 6.00. The van der Waals surface area contributed by atoms with Gasteiger partial charge in [0, 0.05) is 18.5 Å². The number of ether oxygens (including phenoxy) is 2. The van der Waals surface area contributed by atoms with Gasteiger partial charge in [-0.15, -0.1) is 0 Å². The van der Waals surface area contributed by atoms with Crippen LogP contribution in [0.4, 0.5) is 21.0 Å². The number of nitrogens with zero attached hydrogens (tertiary/aromatic N) is 1. The number of nitrogens with one attached hydrogen (secondary N) is 3. The number of anilines is 2. The van der Waals surface area contributed by atoms with Crippen molar-refractivity contribution in [2.24, 2.45) is 5.92 Å². The molecule has 2 fully saturated rings. The average Bonchev–Trinajstić information content (AvgIpc) is 2.98. The minimum Gasteiger partial charge on any atom is -0.447 e. The topological polar surface area (TPSA) is 126 Å². The van der Waals surface area contributed by atoms with E-state index in [9.17, 15) is 19.2 Å². The molecule has 5 amide bonds. The van der Waals surface area contributed by atoms with Crippen LogP contribution in [0, 0.1) is 5.92 Å². The van der Waals surface area contributed by atoms with E-state index in [0.717, 1.165) is 24.2 Å². The van der Waals surface area contributed by atoms with Crippen molar-refractivity contribution in [3.63, 3.8) is 0 Å². The number of urea groups is 1. The summed E-state index contributed by atoms with van der Waals surface area (Å²) in [5, 5.41) is 8.03. The highest BCUT2D eigenvalue weighted by molar-refractivity contribution is 6.10. The Hall–Kier alpha value is -3.14. The summed E-state index contributed by atoms with van der Waals surface area (Å²) in [4.78, 5) is 50.6. The number of carbonyl (C=O) groups is 4. The maximum Gasteiger partial charge on any atom is 0.411 e. The molecule has 1 aliphatic carbocycles. The van der Waals surface area contributed by atoms with Crippen molar-refractivity contribution in [2.75, 3.05) is 37.5 Å². The van der Waals surface area contributed by atoms with E-state index in [2.05, 4.69) is 22.9 Å². The van der Waals surface area contributed by atoms with Gasteiger partial charge in [-0.1, -0.05) is 19.4 Å². The van der Waals surface area contributed by atoms with E-state index in [-0.39, 0.29) is 25.7 Å². The fraction of sp³-hybridized carbons (Fsp3) is 0.545. The van der Waals surface area contributed by atoms with Crippen molar-refractivity contribution >= 4 is 35.3 Å². The lowest BCUT2D eigenvalue weighted by atomic mass is 9.75.